The molecule has 21 heavy (non-hydrogen) atoms. The van der Waals surface area contributed by atoms with Gasteiger partial charge in [-0.05, 0) is 44.1 Å². The van der Waals surface area contributed by atoms with Gasteiger partial charge in [0.1, 0.15) is 0 Å². The monoisotopic (exact) mass is 309 g/mol. The number of anilines is 1. The third kappa shape index (κ3) is 3.89. The maximum absolute atomic E-state index is 10.6. The van der Waals surface area contributed by atoms with E-state index in [0.717, 1.165) is 63.7 Å². The summed E-state index contributed by atoms with van der Waals surface area (Å²) in [7, 11) is 0. The van der Waals surface area contributed by atoms with Gasteiger partial charge >= 0.3 is 0 Å². The first-order valence-corrected chi connectivity index (χ1v) is 8.18. The molecule has 2 N–H and O–H groups in total. The SMILES string of the molecule is OC1(CN2CCN(c3cccc(Cl)c3)CC2)CCNCC1. The molecule has 4 nitrogen and oxygen atoms in total. The Bertz CT molecular complexity index is 468. The lowest BCUT2D eigenvalue weighted by Gasteiger charge is -2.41. The molecule has 0 amide bonds. The summed E-state index contributed by atoms with van der Waals surface area (Å²) in [4.78, 5) is 4.77. The average Bonchev–Trinajstić information content (AvgIpc) is 2.48. The van der Waals surface area contributed by atoms with Gasteiger partial charge in [-0.2, -0.15) is 0 Å². The highest BCUT2D eigenvalue weighted by Gasteiger charge is 2.32. The van der Waals surface area contributed by atoms with Crippen LogP contribution >= 0.6 is 11.6 Å². The van der Waals surface area contributed by atoms with Crippen LogP contribution in [0.15, 0.2) is 24.3 Å². The van der Waals surface area contributed by atoms with Crippen LogP contribution < -0.4 is 10.2 Å². The Balaban J connectivity index is 1.53. The van der Waals surface area contributed by atoms with Gasteiger partial charge in [0.2, 0.25) is 0 Å². The summed E-state index contributed by atoms with van der Waals surface area (Å²) in [5, 5.41) is 14.7. The van der Waals surface area contributed by atoms with E-state index >= 15 is 0 Å². The highest BCUT2D eigenvalue weighted by atomic mass is 35.5. The second-order valence-electron chi connectivity index (χ2n) is 6.22. The number of benzene rings is 1. The Morgan fingerprint density at radius 1 is 1.14 bits per heavy atom. The Labute approximate surface area is 131 Å². The number of piperazine rings is 1. The molecular formula is C16H24ClN3O. The predicted molar refractivity (Wildman–Crippen MR) is 87.2 cm³/mol. The molecule has 1 aromatic rings. The summed E-state index contributed by atoms with van der Waals surface area (Å²) in [5.41, 5.74) is 0.700. The minimum absolute atomic E-state index is 0.497. The number of hydrogen-bond acceptors (Lipinski definition) is 4. The molecule has 0 spiro atoms. The van der Waals surface area contributed by atoms with Gasteiger partial charge in [-0.3, -0.25) is 4.90 Å². The second kappa shape index (κ2) is 6.53. The summed E-state index contributed by atoms with van der Waals surface area (Å²) in [6.45, 7) is 6.66. The van der Waals surface area contributed by atoms with Crippen LogP contribution in [0.5, 0.6) is 0 Å². The fourth-order valence-corrected chi connectivity index (χ4v) is 3.49. The summed E-state index contributed by atoms with van der Waals surface area (Å²) in [6.07, 6.45) is 1.73. The van der Waals surface area contributed by atoms with Crippen LogP contribution in [0.3, 0.4) is 0 Å². The number of β-amino-alcohol motifs (C(OH)–C–C–N with tert-alkyl or cyclic N) is 1. The highest BCUT2D eigenvalue weighted by Crippen LogP contribution is 2.23. The molecule has 2 aliphatic rings. The summed E-state index contributed by atoms with van der Waals surface area (Å²) in [5.74, 6) is 0. The van der Waals surface area contributed by atoms with Gasteiger partial charge in [-0.15, -0.1) is 0 Å². The molecule has 0 atom stereocenters. The Kier molecular flexibility index (Phi) is 4.69. The van der Waals surface area contributed by atoms with E-state index < -0.39 is 5.60 Å². The van der Waals surface area contributed by atoms with Crippen LogP contribution in [-0.4, -0.2) is 61.4 Å². The number of rotatable bonds is 3. The van der Waals surface area contributed by atoms with Crippen LogP contribution in [0.1, 0.15) is 12.8 Å². The highest BCUT2D eigenvalue weighted by molar-refractivity contribution is 6.30. The molecule has 1 aromatic carbocycles. The lowest BCUT2D eigenvalue weighted by Crippen LogP contribution is -2.54. The molecule has 0 unspecified atom stereocenters. The number of piperidine rings is 1. The normalized spacial score (nSPS) is 23.2. The van der Waals surface area contributed by atoms with Crippen molar-refractivity contribution in [2.75, 3.05) is 50.7 Å². The van der Waals surface area contributed by atoms with Crippen molar-refractivity contribution in [1.82, 2.24) is 10.2 Å². The molecule has 2 saturated heterocycles. The lowest BCUT2D eigenvalue weighted by molar-refractivity contribution is -0.0218. The smallest absolute Gasteiger partial charge is 0.0798 e. The Morgan fingerprint density at radius 3 is 2.52 bits per heavy atom. The summed E-state index contributed by atoms with van der Waals surface area (Å²) < 4.78 is 0. The van der Waals surface area contributed by atoms with Crippen LogP contribution in [0.2, 0.25) is 5.02 Å². The molecule has 2 aliphatic heterocycles. The minimum atomic E-state index is -0.497. The second-order valence-corrected chi connectivity index (χ2v) is 6.65. The van der Waals surface area contributed by atoms with Crippen LogP contribution in [0.25, 0.3) is 0 Å². The maximum atomic E-state index is 10.6. The third-order valence-electron chi connectivity index (χ3n) is 4.60. The number of halogens is 1. The van der Waals surface area contributed by atoms with Gasteiger partial charge in [0.15, 0.2) is 0 Å². The van der Waals surface area contributed by atoms with E-state index in [2.05, 4.69) is 21.2 Å². The predicted octanol–water partition coefficient (Wildman–Crippen LogP) is 1.58. The van der Waals surface area contributed by atoms with Crippen molar-refractivity contribution in [2.24, 2.45) is 0 Å². The van der Waals surface area contributed by atoms with E-state index in [1.54, 1.807) is 0 Å². The van der Waals surface area contributed by atoms with Crippen molar-refractivity contribution in [3.63, 3.8) is 0 Å². The number of hydrogen-bond donors (Lipinski definition) is 2. The maximum Gasteiger partial charge on any atom is 0.0798 e. The van der Waals surface area contributed by atoms with E-state index in [-0.39, 0.29) is 0 Å². The van der Waals surface area contributed by atoms with Crippen molar-refractivity contribution >= 4 is 17.3 Å². The van der Waals surface area contributed by atoms with Crippen molar-refractivity contribution in [3.8, 4) is 0 Å². The van der Waals surface area contributed by atoms with Gasteiger partial charge in [0.05, 0.1) is 5.60 Å². The van der Waals surface area contributed by atoms with Gasteiger partial charge in [0.25, 0.3) is 0 Å². The quantitative estimate of drug-likeness (QED) is 0.889. The molecule has 3 rings (SSSR count). The van der Waals surface area contributed by atoms with Crippen molar-refractivity contribution in [1.29, 1.82) is 0 Å². The van der Waals surface area contributed by atoms with E-state index in [0.29, 0.717) is 0 Å². The first kappa shape index (κ1) is 15.1. The van der Waals surface area contributed by atoms with E-state index in [1.807, 2.05) is 18.2 Å². The van der Waals surface area contributed by atoms with Crippen LogP contribution in [0.4, 0.5) is 5.69 Å². The molecule has 0 radical (unpaired) electrons. The molecule has 0 aliphatic carbocycles. The molecular weight excluding hydrogens is 286 g/mol. The number of aliphatic hydroxyl groups is 1. The van der Waals surface area contributed by atoms with Gasteiger partial charge in [0, 0.05) is 43.4 Å². The van der Waals surface area contributed by atoms with Crippen molar-refractivity contribution < 1.29 is 5.11 Å². The van der Waals surface area contributed by atoms with Crippen LogP contribution in [-0.2, 0) is 0 Å². The molecule has 2 fully saturated rings. The molecule has 0 bridgehead atoms. The topological polar surface area (TPSA) is 38.7 Å². The van der Waals surface area contributed by atoms with Gasteiger partial charge in [-0.25, -0.2) is 0 Å². The minimum Gasteiger partial charge on any atom is -0.388 e. The first-order chi connectivity index (χ1) is 10.1. The molecule has 2 heterocycles. The van der Waals surface area contributed by atoms with E-state index in [4.69, 9.17) is 11.6 Å². The van der Waals surface area contributed by atoms with Crippen molar-refractivity contribution in [3.05, 3.63) is 29.3 Å². The fourth-order valence-electron chi connectivity index (χ4n) is 3.30. The molecule has 0 aromatic heterocycles. The number of nitrogens with one attached hydrogen (secondary N) is 1. The van der Waals surface area contributed by atoms with Crippen molar-refractivity contribution in [2.45, 2.75) is 18.4 Å². The van der Waals surface area contributed by atoms with Gasteiger partial charge < -0.3 is 15.3 Å². The zero-order chi connectivity index (χ0) is 14.7. The first-order valence-electron chi connectivity index (χ1n) is 7.81. The molecule has 0 saturated carbocycles. The lowest BCUT2D eigenvalue weighted by atomic mass is 9.91. The molecule has 5 heteroatoms. The van der Waals surface area contributed by atoms with E-state index in [1.165, 1.54) is 5.69 Å². The van der Waals surface area contributed by atoms with E-state index in [9.17, 15) is 5.11 Å². The van der Waals surface area contributed by atoms with Crippen LogP contribution in [0, 0.1) is 0 Å². The third-order valence-corrected chi connectivity index (χ3v) is 4.83. The average molecular weight is 310 g/mol. The standard InChI is InChI=1S/C16H24ClN3O/c17-14-2-1-3-15(12-14)20-10-8-19(9-11-20)13-16(21)4-6-18-7-5-16/h1-3,12,18,21H,4-11,13H2. The number of nitrogens with zero attached hydrogens (tertiary/aromatic N) is 2. The summed E-state index contributed by atoms with van der Waals surface area (Å²) in [6, 6.07) is 8.05. The Hall–Kier alpha value is -0.810. The zero-order valence-corrected chi connectivity index (χ0v) is 13.1. The summed E-state index contributed by atoms with van der Waals surface area (Å²) >= 11 is 6.06. The van der Waals surface area contributed by atoms with Gasteiger partial charge in [-0.1, -0.05) is 17.7 Å². The largest absolute Gasteiger partial charge is 0.388 e. The fraction of sp³-hybridized carbons (Fsp3) is 0.625. The Morgan fingerprint density at radius 2 is 1.86 bits per heavy atom. The zero-order valence-electron chi connectivity index (χ0n) is 12.4. The molecule has 116 valence electrons.